The Morgan fingerprint density at radius 1 is 0.921 bits per heavy atom. The third kappa shape index (κ3) is 13.8. The Morgan fingerprint density at radius 2 is 1.63 bits per heavy atom. The largest absolute Gasteiger partial charge is 0.494 e. The van der Waals surface area contributed by atoms with Gasteiger partial charge in [-0.1, -0.05) is 32.6 Å². The summed E-state index contributed by atoms with van der Waals surface area (Å²) >= 11 is 0. The van der Waals surface area contributed by atoms with Crippen LogP contribution in [0.25, 0.3) is 0 Å². The molecule has 218 valence electrons. The second kappa shape index (κ2) is 21.0. The fraction of sp³-hybridized carbons (Fsp3) is 0.767. The first-order valence-corrected chi connectivity index (χ1v) is 14.8. The zero-order valence-electron chi connectivity index (χ0n) is 23.4. The lowest BCUT2D eigenvalue weighted by molar-refractivity contribution is -0.241. The van der Waals surface area contributed by atoms with Gasteiger partial charge in [0, 0.05) is 26.2 Å². The van der Waals surface area contributed by atoms with E-state index in [1.54, 1.807) is 12.1 Å². The van der Waals surface area contributed by atoms with Gasteiger partial charge in [-0.3, -0.25) is 0 Å². The summed E-state index contributed by atoms with van der Waals surface area (Å²) in [7, 11) is 0. The maximum Gasteiger partial charge on any atom is 0.344 e. The number of aliphatic hydroxyl groups excluding tert-OH is 2. The van der Waals surface area contributed by atoms with Gasteiger partial charge in [-0.25, -0.2) is 4.79 Å². The van der Waals surface area contributed by atoms with Crippen LogP contribution in [0.4, 0.5) is 0 Å². The summed E-state index contributed by atoms with van der Waals surface area (Å²) in [6.45, 7) is 4.22. The molecule has 0 saturated carbocycles. The highest BCUT2D eigenvalue weighted by molar-refractivity contribution is 5.93. The van der Waals surface area contributed by atoms with Gasteiger partial charge >= 0.3 is 5.97 Å². The fourth-order valence-corrected chi connectivity index (χ4v) is 4.28. The molecule has 1 fully saturated rings. The topological polar surface area (TPSA) is 104 Å². The number of aliphatic hydroxyl groups is 2. The maximum atomic E-state index is 13.4. The molecule has 1 heterocycles. The summed E-state index contributed by atoms with van der Waals surface area (Å²) in [6, 6.07) is 5.27. The van der Waals surface area contributed by atoms with Crippen LogP contribution in [0.15, 0.2) is 18.2 Å². The normalized spacial score (nSPS) is 16.2. The molecule has 1 aliphatic rings. The van der Waals surface area contributed by atoms with Crippen LogP contribution in [-0.4, -0.2) is 61.8 Å². The first-order chi connectivity index (χ1) is 18.7. The fourth-order valence-electron chi connectivity index (χ4n) is 4.28. The van der Waals surface area contributed by atoms with Gasteiger partial charge in [-0.15, -0.1) is 0 Å². The first kappa shape index (κ1) is 32.3. The summed E-state index contributed by atoms with van der Waals surface area (Å²) in [5, 5.41) is 17.9. The number of benzene rings is 1. The van der Waals surface area contributed by atoms with Crippen LogP contribution in [0.1, 0.15) is 114 Å². The second-order valence-electron chi connectivity index (χ2n) is 9.89. The molecule has 2 atom stereocenters. The van der Waals surface area contributed by atoms with Crippen LogP contribution in [0.2, 0.25) is 0 Å². The Balaban J connectivity index is 2.05. The molecule has 0 radical (unpaired) electrons. The number of unbranched alkanes of at least 4 members (excludes halogenated alkanes) is 8. The van der Waals surface area contributed by atoms with Gasteiger partial charge in [0.2, 0.25) is 6.29 Å². The number of hydrogen-bond donors (Lipinski definition) is 2. The number of carbonyl (C=O) groups is 1. The first-order valence-electron chi connectivity index (χ1n) is 14.8. The minimum absolute atomic E-state index is 0.202. The van der Waals surface area contributed by atoms with Crippen molar-refractivity contribution in [3.8, 4) is 11.5 Å². The Bertz CT molecular complexity index is 735. The van der Waals surface area contributed by atoms with E-state index in [1.807, 2.05) is 6.07 Å². The Kier molecular flexibility index (Phi) is 17.9. The molecular formula is C30H50O8. The maximum absolute atomic E-state index is 13.4. The summed E-state index contributed by atoms with van der Waals surface area (Å²) < 4.78 is 29.6. The predicted octanol–water partition coefficient (Wildman–Crippen LogP) is 6.16. The molecule has 2 unspecified atom stereocenters. The van der Waals surface area contributed by atoms with Crippen molar-refractivity contribution in [2.24, 2.45) is 0 Å². The Hall–Kier alpha value is -1.87. The van der Waals surface area contributed by atoms with E-state index in [2.05, 4.69) is 6.92 Å². The summed E-state index contributed by atoms with van der Waals surface area (Å²) in [6.07, 6.45) is 12.6. The van der Waals surface area contributed by atoms with Crippen LogP contribution in [0, 0.1) is 0 Å². The molecule has 8 nitrogen and oxygen atoms in total. The number of carbonyl (C=O) groups excluding carboxylic acids is 1. The smallest absolute Gasteiger partial charge is 0.344 e. The van der Waals surface area contributed by atoms with Crippen LogP contribution in [0.5, 0.6) is 11.5 Å². The molecule has 0 spiro atoms. The number of ether oxygens (including phenoxy) is 5. The Labute approximate surface area is 229 Å². The van der Waals surface area contributed by atoms with Crippen molar-refractivity contribution < 1.29 is 38.7 Å². The molecule has 1 saturated heterocycles. The molecule has 1 aromatic rings. The van der Waals surface area contributed by atoms with E-state index in [9.17, 15) is 4.79 Å². The molecule has 0 aromatic heterocycles. The van der Waals surface area contributed by atoms with Gasteiger partial charge in [-0.2, -0.15) is 0 Å². The van der Waals surface area contributed by atoms with Gasteiger partial charge in [0.15, 0.2) is 6.29 Å². The Morgan fingerprint density at radius 3 is 2.29 bits per heavy atom. The summed E-state index contributed by atoms with van der Waals surface area (Å²) in [5.41, 5.74) is 0.326. The minimum atomic E-state index is -0.681. The van der Waals surface area contributed by atoms with Crippen LogP contribution >= 0.6 is 0 Å². The zero-order chi connectivity index (χ0) is 27.3. The standard InChI is InChI=1S/C30H50O8/c1-2-3-8-16-29(37-28-15-9-14-23-36-28)38-30(33)26-24-25(34-21-12-6-4-10-19-31)17-18-27(26)35-22-13-7-5-11-20-32/h17-18,24,28-29,31-32H,2-16,19-23H2,1H3. The molecule has 0 bridgehead atoms. The van der Waals surface area contributed by atoms with Gasteiger partial charge in [-0.05, 0) is 82.4 Å². The number of hydrogen-bond acceptors (Lipinski definition) is 8. The van der Waals surface area contributed by atoms with Crippen molar-refractivity contribution in [2.45, 2.75) is 116 Å². The van der Waals surface area contributed by atoms with Crippen LogP contribution in [0.3, 0.4) is 0 Å². The van der Waals surface area contributed by atoms with E-state index in [4.69, 9.17) is 33.9 Å². The van der Waals surface area contributed by atoms with Gasteiger partial charge < -0.3 is 33.9 Å². The highest BCUT2D eigenvalue weighted by Gasteiger charge is 2.25. The van der Waals surface area contributed by atoms with Crippen LogP contribution in [-0.2, 0) is 14.2 Å². The van der Waals surface area contributed by atoms with Crippen molar-refractivity contribution in [2.75, 3.05) is 33.0 Å². The van der Waals surface area contributed by atoms with Crippen molar-refractivity contribution in [1.29, 1.82) is 0 Å². The zero-order valence-corrected chi connectivity index (χ0v) is 23.4. The van der Waals surface area contributed by atoms with E-state index in [1.165, 1.54) is 0 Å². The predicted molar refractivity (Wildman–Crippen MR) is 147 cm³/mol. The highest BCUT2D eigenvalue weighted by Crippen LogP contribution is 2.28. The monoisotopic (exact) mass is 538 g/mol. The average molecular weight is 539 g/mol. The molecule has 1 aromatic carbocycles. The molecule has 2 rings (SSSR count). The minimum Gasteiger partial charge on any atom is -0.494 e. The number of rotatable bonds is 22. The van der Waals surface area contributed by atoms with Gasteiger partial charge in [0.25, 0.3) is 0 Å². The summed E-state index contributed by atoms with van der Waals surface area (Å²) in [4.78, 5) is 13.4. The quantitative estimate of drug-likeness (QED) is 0.103. The molecule has 8 heteroatoms. The molecule has 2 N–H and O–H groups in total. The van der Waals surface area contributed by atoms with Crippen molar-refractivity contribution >= 4 is 5.97 Å². The lowest BCUT2D eigenvalue weighted by atomic mass is 10.1. The van der Waals surface area contributed by atoms with E-state index >= 15 is 0 Å². The van der Waals surface area contributed by atoms with E-state index in [0.717, 1.165) is 89.9 Å². The lowest BCUT2D eigenvalue weighted by Gasteiger charge is -2.27. The summed E-state index contributed by atoms with van der Waals surface area (Å²) in [5.74, 6) is 0.563. The molecule has 1 aliphatic heterocycles. The van der Waals surface area contributed by atoms with Gasteiger partial charge in [0.1, 0.15) is 17.1 Å². The van der Waals surface area contributed by atoms with Gasteiger partial charge in [0.05, 0.1) is 13.2 Å². The van der Waals surface area contributed by atoms with E-state index < -0.39 is 12.3 Å². The highest BCUT2D eigenvalue weighted by atomic mass is 16.8. The van der Waals surface area contributed by atoms with Crippen LogP contribution < -0.4 is 9.47 Å². The SMILES string of the molecule is CCCCCC(OC(=O)c1cc(OCCCCCCO)ccc1OCCCCCCO)OC1CCCCO1. The molecular weight excluding hydrogens is 488 g/mol. The third-order valence-electron chi connectivity index (χ3n) is 6.53. The lowest BCUT2D eigenvalue weighted by Crippen LogP contribution is -2.31. The average Bonchev–Trinajstić information content (AvgIpc) is 2.93. The molecule has 0 amide bonds. The van der Waals surface area contributed by atoms with Crippen molar-refractivity contribution in [3.05, 3.63) is 23.8 Å². The van der Waals surface area contributed by atoms with E-state index in [-0.39, 0.29) is 19.5 Å². The molecule has 0 aliphatic carbocycles. The second-order valence-corrected chi connectivity index (χ2v) is 9.89. The van der Waals surface area contributed by atoms with Crippen molar-refractivity contribution in [1.82, 2.24) is 0 Å². The third-order valence-corrected chi connectivity index (χ3v) is 6.53. The number of esters is 1. The van der Waals surface area contributed by atoms with E-state index in [0.29, 0.717) is 43.3 Å². The molecule has 38 heavy (non-hydrogen) atoms. The van der Waals surface area contributed by atoms with Crippen molar-refractivity contribution in [3.63, 3.8) is 0 Å².